The molecular weight excluding hydrogens is 256 g/mol. The Kier molecular flexibility index (Phi) is 3.16. The van der Waals surface area contributed by atoms with Gasteiger partial charge in [-0.1, -0.05) is 12.1 Å². The monoisotopic (exact) mass is 269 g/mol. The van der Waals surface area contributed by atoms with Crippen molar-refractivity contribution in [3.63, 3.8) is 0 Å². The van der Waals surface area contributed by atoms with Crippen LogP contribution in [0.25, 0.3) is 22.6 Å². The first-order chi connectivity index (χ1) is 9.72. The van der Waals surface area contributed by atoms with Gasteiger partial charge in [-0.25, -0.2) is 9.55 Å². The number of para-hydroxylation sites is 2. The van der Waals surface area contributed by atoms with Crippen LogP contribution in [0.15, 0.2) is 53.2 Å². The predicted octanol–water partition coefficient (Wildman–Crippen LogP) is 2.26. The summed E-state index contributed by atoms with van der Waals surface area (Å²) in [5.74, 6) is -0.239. The maximum atomic E-state index is 10.5. The lowest BCUT2D eigenvalue weighted by Gasteiger charge is -1.96. The summed E-state index contributed by atoms with van der Waals surface area (Å²) in [6, 6.07) is 11.3. The Hall–Kier alpha value is -2.69. The number of aromatic nitrogens is 2. The van der Waals surface area contributed by atoms with Crippen molar-refractivity contribution >= 4 is 17.1 Å². The number of benzene rings is 1. The highest BCUT2D eigenvalue weighted by atomic mass is 16.4. The van der Waals surface area contributed by atoms with Gasteiger partial charge in [0.1, 0.15) is 11.9 Å². The summed E-state index contributed by atoms with van der Waals surface area (Å²) >= 11 is 0. The van der Waals surface area contributed by atoms with Crippen LogP contribution in [0, 0.1) is 0 Å². The third kappa shape index (κ3) is 2.51. The van der Waals surface area contributed by atoms with Crippen LogP contribution in [0.2, 0.25) is 0 Å². The van der Waals surface area contributed by atoms with Crippen molar-refractivity contribution in [2.45, 2.75) is 13.0 Å². The highest BCUT2D eigenvalue weighted by molar-refractivity contribution is 5.75. The zero-order valence-electron chi connectivity index (χ0n) is 10.7. The number of pyridine rings is 1. The van der Waals surface area contributed by atoms with Gasteiger partial charge < -0.3 is 9.52 Å². The molecule has 0 saturated carbocycles. The van der Waals surface area contributed by atoms with Crippen LogP contribution < -0.4 is 4.57 Å². The van der Waals surface area contributed by atoms with Crippen LogP contribution in [0.5, 0.6) is 0 Å². The fourth-order valence-corrected chi connectivity index (χ4v) is 1.97. The van der Waals surface area contributed by atoms with Crippen molar-refractivity contribution in [1.29, 1.82) is 0 Å². The van der Waals surface area contributed by atoms with Gasteiger partial charge in [-0.3, -0.25) is 4.79 Å². The van der Waals surface area contributed by atoms with Crippen molar-refractivity contribution in [2.75, 3.05) is 0 Å². The Bertz CT molecular complexity index is 714. The Balaban J connectivity index is 1.85. The first-order valence-electron chi connectivity index (χ1n) is 6.29. The largest absolute Gasteiger partial charge is 0.481 e. The number of hydrogen-bond donors (Lipinski definition) is 1. The number of carboxylic acid groups (broad SMARTS) is 1. The van der Waals surface area contributed by atoms with Crippen LogP contribution >= 0.6 is 0 Å². The molecule has 0 aliphatic rings. The minimum absolute atomic E-state index is 0.104. The van der Waals surface area contributed by atoms with Gasteiger partial charge in [0.05, 0.1) is 0 Å². The van der Waals surface area contributed by atoms with Crippen molar-refractivity contribution < 1.29 is 18.9 Å². The fourth-order valence-electron chi connectivity index (χ4n) is 1.97. The third-order valence-corrected chi connectivity index (χ3v) is 3.02. The first kappa shape index (κ1) is 12.3. The predicted molar refractivity (Wildman–Crippen MR) is 71.9 cm³/mol. The summed E-state index contributed by atoms with van der Waals surface area (Å²) in [5, 5.41) is 8.65. The van der Waals surface area contributed by atoms with E-state index in [9.17, 15) is 4.79 Å². The van der Waals surface area contributed by atoms with E-state index >= 15 is 0 Å². The SMILES string of the molecule is O=C(O)CC[n+]1ccc(-c2nc3ccccc3o2)cc1. The summed E-state index contributed by atoms with van der Waals surface area (Å²) < 4.78 is 7.50. The first-order valence-corrected chi connectivity index (χ1v) is 6.29. The molecule has 5 heteroatoms. The third-order valence-electron chi connectivity index (χ3n) is 3.02. The summed E-state index contributed by atoms with van der Waals surface area (Å²) in [6.45, 7) is 0.448. The van der Waals surface area contributed by atoms with Crippen molar-refractivity contribution in [2.24, 2.45) is 0 Å². The van der Waals surface area contributed by atoms with Crippen molar-refractivity contribution in [1.82, 2.24) is 4.98 Å². The molecule has 3 rings (SSSR count). The Morgan fingerprint density at radius 2 is 1.95 bits per heavy atom. The Labute approximate surface area is 115 Å². The van der Waals surface area contributed by atoms with E-state index in [1.54, 1.807) is 0 Å². The lowest BCUT2D eigenvalue weighted by atomic mass is 10.2. The molecule has 2 heterocycles. The number of hydrogen-bond acceptors (Lipinski definition) is 3. The molecular formula is C15H13N2O3+. The summed E-state index contributed by atoms with van der Waals surface area (Å²) in [4.78, 5) is 14.9. The molecule has 5 nitrogen and oxygen atoms in total. The minimum Gasteiger partial charge on any atom is -0.481 e. The number of carboxylic acids is 1. The molecule has 1 N–H and O–H groups in total. The summed E-state index contributed by atoms with van der Waals surface area (Å²) in [6.07, 6.45) is 3.76. The number of rotatable bonds is 4. The highest BCUT2D eigenvalue weighted by Crippen LogP contribution is 2.22. The zero-order chi connectivity index (χ0) is 13.9. The molecule has 3 aromatic rings. The van der Waals surface area contributed by atoms with Gasteiger partial charge >= 0.3 is 5.97 Å². The van der Waals surface area contributed by atoms with Gasteiger partial charge in [-0.05, 0) is 12.1 Å². The topological polar surface area (TPSA) is 67.2 Å². The number of aliphatic carboxylic acids is 1. The van der Waals surface area contributed by atoms with Crippen LogP contribution in [0.1, 0.15) is 6.42 Å². The molecule has 0 fully saturated rings. The van der Waals surface area contributed by atoms with Gasteiger partial charge in [0.25, 0.3) is 0 Å². The average molecular weight is 269 g/mol. The van der Waals surface area contributed by atoms with Gasteiger partial charge in [-0.15, -0.1) is 0 Å². The minimum atomic E-state index is -0.805. The van der Waals surface area contributed by atoms with Crippen LogP contribution in [0.3, 0.4) is 0 Å². The lowest BCUT2D eigenvalue weighted by molar-refractivity contribution is -0.695. The Morgan fingerprint density at radius 3 is 2.65 bits per heavy atom. The molecule has 0 atom stereocenters. The van der Waals surface area contributed by atoms with Gasteiger partial charge in [0.15, 0.2) is 24.5 Å². The molecule has 0 saturated heterocycles. The molecule has 0 aliphatic carbocycles. The summed E-state index contributed by atoms with van der Waals surface area (Å²) in [7, 11) is 0. The van der Waals surface area contributed by atoms with Crippen molar-refractivity contribution in [3.05, 3.63) is 48.8 Å². The van der Waals surface area contributed by atoms with Gasteiger partial charge in [0.2, 0.25) is 5.89 Å². The van der Waals surface area contributed by atoms with Crippen LogP contribution in [-0.2, 0) is 11.3 Å². The van der Waals surface area contributed by atoms with E-state index < -0.39 is 5.97 Å². The van der Waals surface area contributed by atoms with E-state index in [4.69, 9.17) is 9.52 Å². The highest BCUT2D eigenvalue weighted by Gasteiger charge is 2.10. The number of oxazole rings is 1. The van der Waals surface area contributed by atoms with Gasteiger partial charge in [0, 0.05) is 17.7 Å². The number of aryl methyl sites for hydroxylation is 1. The van der Waals surface area contributed by atoms with Gasteiger partial charge in [-0.2, -0.15) is 0 Å². The molecule has 0 unspecified atom stereocenters. The molecule has 100 valence electrons. The molecule has 0 aliphatic heterocycles. The Morgan fingerprint density at radius 1 is 1.20 bits per heavy atom. The number of fused-ring (bicyclic) bond motifs is 1. The lowest BCUT2D eigenvalue weighted by Crippen LogP contribution is -2.33. The van der Waals surface area contributed by atoms with E-state index in [0.29, 0.717) is 12.4 Å². The second kappa shape index (κ2) is 5.13. The van der Waals surface area contributed by atoms with E-state index in [1.807, 2.05) is 53.4 Å². The smallest absolute Gasteiger partial charge is 0.309 e. The van der Waals surface area contributed by atoms with E-state index in [2.05, 4.69) is 4.98 Å². The van der Waals surface area contributed by atoms with Crippen molar-refractivity contribution in [3.8, 4) is 11.5 Å². The van der Waals surface area contributed by atoms with Crippen LogP contribution in [-0.4, -0.2) is 16.1 Å². The number of carbonyl (C=O) groups is 1. The maximum absolute atomic E-state index is 10.5. The quantitative estimate of drug-likeness (QED) is 0.738. The van der Waals surface area contributed by atoms with E-state index in [0.717, 1.165) is 16.7 Å². The fraction of sp³-hybridized carbons (Fsp3) is 0.133. The normalized spacial score (nSPS) is 10.8. The molecule has 1 aromatic carbocycles. The number of nitrogens with zero attached hydrogens (tertiary/aromatic N) is 2. The van der Waals surface area contributed by atoms with E-state index in [1.165, 1.54) is 0 Å². The maximum Gasteiger partial charge on any atom is 0.309 e. The van der Waals surface area contributed by atoms with Crippen LogP contribution in [0.4, 0.5) is 0 Å². The second-order valence-corrected chi connectivity index (χ2v) is 4.46. The molecule has 20 heavy (non-hydrogen) atoms. The van der Waals surface area contributed by atoms with E-state index in [-0.39, 0.29) is 6.42 Å². The molecule has 0 amide bonds. The summed E-state index contributed by atoms with van der Waals surface area (Å²) in [5.41, 5.74) is 2.45. The second-order valence-electron chi connectivity index (χ2n) is 4.46. The molecule has 0 spiro atoms. The zero-order valence-corrected chi connectivity index (χ0v) is 10.7. The molecule has 0 radical (unpaired) electrons. The average Bonchev–Trinajstić information content (AvgIpc) is 2.89. The standard InChI is InChI=1S/C15H12N2O3/c18-14(19)7-10-17-8-5-11(6-9-17)15-16-12-3-1-2-4-13(12)20-15/h1-6,8-9H,7,10H2/p+1. The molecule has 2 aromatic heterocycles. The molecule has 0 bridgehead atoms.